The minimum atomic E-state index is 1.01. The molecule has 132 heavy (non-hydrogen) atoms. The zero-order valence-electron chi connectivity index (χ0n) is 73.4. The molecule has 0 aliphatic heterocycles. The Kier molecular flexibility index (Phi) is 17.0. The summed E-state index contributed by atoms with van der Waals surface area (Å²) in [5.41, 5.74) is 23.9. The van der Waals surface area contributed by atoms with Crippen molar-refractivity contribution in [3.63, 3.8) is 0 Å². The van der Waals surface area contributed by atoms with Crippen LogP contribution in [0.2, 0.25) is 0 Å². The minimum absolute atomic E-state index is 1.01. The summed E-state index contributed by atoms with van der Waals surface area (Å²) in [6.07, 6.45) is 1.01. The molecule has 0 unspecified atom stereocenters. The SMILES string of the molecule is CCc1ccc(-c2cc(-c3cc4ccccc4c4ccccc34)c3ccc4c(-c5cc6ccccc6c6ccccc56)cc(-c5cc6ccccc6c6ccccc56)c5ccc2c3c54)cc1.Cc1cc(C)cc(-c2cc(-c3cc4ccccc4c4ccccc34)c3ccc4c(-c5cc6ccccc6c6ccccc56)cc(-c5cc6ccccc6c6ccccc56)c5ccc2c3c54)c1. The van der Waals surface area contributed by atoms with Gasteiger partial charge in [-0.05, 0) is 369 Å². The number of fused-ring (bicyclic) bond motifs is 18. The molecule has 0 aromatic heterocycles. The Morgan fingerprint density at radius 1 is 0.129 bits per heavy atom. The lowest BCUT2D eigenvalue weighted by atomic mass is 9.80. The number of rotatable bonds is 9. The standard InChI is InChI=1S/2C66H42/c1-39-31-40(2)33-44(32-39)58-37-62(59-34-41-15-3-6-18-45(41)48-21-9-12-24-51(48)59)55-29-30-57-64(61-36-43-17-5-8-20-47(43)50-23-11-14-26-53(50)61)38-63(56-28-27-54(58)65(55)66(56)57)60-35-42-16-4-7-19-46(42)49-22-10-13-25-52(49)60;1-2-40-27-29-41(30-28-40)58-38-62(59-35-42-15-3-6-18-45(42)48-21-9-12-24-51(48)59)55-33-34-57-64(61-37-44-17-5-8-20-47(44)50-23-11-14-26-53(50)61)39-63(56-32-31-54(58)65(55)66(56)57)60-36-43-16-4-7-19-46(43)49-22-10-13-25-52(49)60/h3-38H,1-2H3;3-39H,2H2,1H3. The molecule has 0 radical (unpaired) electrons. The van der Waals surface area contributed by atoms with Crippen LogP contribution in [0.4, 0.5) is 0 Å². The summed E-state index contributed by atoms with van der Waals surface area (Å²) in [6.45, 7) is 6.69. The van der Waals surface area contributed by atoms with E-state index in [0.29, 0.717) is 0 Å². The highest BCUT2D eigenvalue weighted by molar-refractivity contribution is 6.38. The lowest BCUT2D eigenvalue weighted by Crippen LogP contribution is -1.96. The van der Waals surface area contributed by atoms with Crippen molar-refractivity contribution in [2.24, 2.45) is 0 Å². The van der Waals surface area contributed by atoms with E-state index in [1.54, 1.807) is 0 Å². The van der Waals surface area contributed by atoms with Gasteiger partial charge in [-0.15, -0.1) is 0 Å². The first-order valence-corrected chi connectivity index (χ1v) is 46.5. The van der Waals surface area contributed by atoms with Gasteiger partial charge in [0.2, 0.25) is 0 Å². The van der Waals surface area contributed by atoms with Gasteiger partial charge < -0.3 is 0 Å². The highest BCUT2D eigenvalue weighted by Gasteiger charge is 2.29. The van der Waals surface area contributed by atoms with E-state index in [4.69, 9.17) is 0 Å². The Morgan fingerprint density at radius 2 is 0.303 bits per heavy atom. The highest BCUT2D eigenvalue weighted by Crippen LogP contribution is 2.56. The lowest BCUT2D eigenvalue weighted by Gasteiger charge is -2.23. The van der Waals surface area contributed by atoms with Crippen LogP contribution in [0.25, 0.3) is 283 Å². The van der Waals surface area contributed by atoms with Crippen molar-refractivity contribution >= 4 is 194 Å². The van der Waals surface area contributed by atoms with E-state index < -0.39 is 0 Å². The Morgan fingerprint density at radius 3 is 0.523 bits per heavy atom. The molecule has 0 bridgehead atoms. The maximum absolute atomic E-state index is 2.53. The van der Waals surface area contributed by atoms with Gasteiger partial charge in [-0.25, -0.2) is 0 Å². The van der Waals surface area contributed by atoms with Crippen molar-refractivity contribution in [2.45, 2.75) is 27.2 Å². The van der Waals surface area contributed by atoms with Crippen LogP contribution in [0.1, 0.15) is 23.6 Å². The van der Waals surface area contributed by atoms with Crippen LogP contribution in [0.5, 0.6) is 0 Å². The van der Waals surface area contributed by atoms with Crippen LogP contribution in [0, 0.1) is 13.8 Å². The fourth-order valence-corrected chi connectivity index (χ4v) is 23.5. The number of hydrogen-bond acceptors (Lipinski definition) is 0. The second-order valence-electron chi connectivity index (χ2n) is 36.6. The molecule has 0 aliphatic rings. The average Bonchev–Trinajstić information content (AvgIpc) is 0.699. The highest BCUT2D eigenvalue weighted by atomic mass is 14.3. The van der Waals surface area contributed by atoms with E-state index >= 15 is 0 Å². The normalized spacial score (nSPS) is 12.1. The summed E-state index contributed by atoms with van der Waals surface area (Å²) in [4.78, 5) is 0. The molecule has 0 amide bonds. The summed E-state index contributed by atoms with van der Waals surface area (Å²) in [5, 5.41) is 45.8. The summed E-state index contributed by atoms with van der Waals surface area (Å²) in [6, 6.07) is 168. The summed E-state index contributed by atoms with van der Waals surface area (Å²) >= 11 is 0. The van der Waals surface area contributed by atoms with Crippen LogP contribution in [0.15, 0.2) is 443 Å². The largest absolute Gasteiger partial charge is 0.0616 e. The summed E-state index contributed by atoms with van der Waals surface area (Å²) in [7, 11) is 0. The predicted octanol–water partition coefficient (Wildman–Crippen LogP) is 37.5. The van der Waals surface area contributed by atoms with Gasteiger partial charge in [0, 0.05) is 0 Å². The number of hydrogen-bond donors (Lipinski definition) is 0. The van der Waals surface area contributed by atoms with Crippen molar-refractivity contribution in [3.8, 4) is 89.0 Å². The van der Waals surface area contributed by atoms with Gasteiger partial charge >= 0.3 is 0 Å². The Labute approximate surface area is 764 Å². The van der Waals surface area contributed by atoms with Crippen molar-refractivity contribution < 1.29 is 0 Å². The fourth-order valence-electron chi connectivity index (χ4n) is 23.5. The van der Waals surface area contributed by atoms with E-state index in [2.05, 4.69) is 464 Å². The van der Waals surface area contributed by atoms with E-state index in [-0.39, 0.29) is 0 Å². The van der Waals surface area contributed by atoms with Gasteiger partial charge in [0.05, 0.1) is 0 Å². The second kappa shape index (κ2) is 29.7. The molecular weight excluding hydrogens is 1590 g/mol. The van der Waals surface area contributed by atoms with Gasteiger partial charge in [-0.1, -0.05) is 400 Å². The van der Waals surface area contributed by atoms with E-state index in [9.17, 15) is 0 Å². The lowest BCUT2D eigenvalue weighted by molar-refractivity contribution is 1.14. The summed E-state index contributed by atoms with van der Waals surface area (Å²) < 4.78 is 0. The molecule has 0 saturated carbocycles. The monoisotopic (exact) mass is 1670 g/mol. The van der Waals surface area contributed by atoms with Gasteiger partial charge in [0.25, 0.3) is 0 Å². The molecule has 28 aromatic rings. The smallest absolute Gasteiger partial charge is 0.00139 e. The molecule has 0 N–H and O–H groups in total. The minimum Gasteiger partial charge on any atom is -0.0616 e. The number of benzene rings is 28. The third-order valence-electron chi connectivity index (χ3n) is 29.4. The molecule has 0 spiro atoms. The van der Waals surface area contributed by atoms with E-state index in [0.717, 1.165) is 6.42 Å². The molecule has 0 saturated heterocycles. The zero-order valence-corrected chi connectivity index (χ0v) is 73.4. The van der Waals surface area contributed by atoms with Gasteiger partial charge in [0.1, 0.15) is 0 Å². The molecule has 28 aromatic carbocycles. The van der Waals surface area contributed by atoms with Gasteiger partial charge in [-0.2, -0.15) is 0 Å². The fraction of sp³-hybridized carbons (Fsp3) is 0.0303. The molecule has 0 atom stereocenters. The molecular formula is C132H84. The molecule has 0 heterocycles. The third kappa shape index (κ3) is 11.6. The Hall–Kier alpha value is -16.6. The molecule has 0 heteroatoms. The molecule has 0 aliphatic carbocycles. The van der Waals surface area contributed by atoms with Gasteiger partial charge in [-0.3, -0.25) is 0 Å². The first kappa shape index (κ1) is 75.5. The summed E-state index contributed by atoms with van der Waals surface area (Å²) in [5.74, 6) is 0. The van der Waals surface area contributed by atoms with Crippen LogP contribution < -0.4 is 0 Å². The topological polar surface area (TPSA) is 0 Å². The van der Waals surface area contributed by atoms with Crippen LogP contribution in [-0.2, 0) is 6.42 Å². The first-order chi connectivity index (χ1) is 65.2. The van der Waals surface area contributed by atoms with Crippen molar-refractivity contribution in [1.29, 1.82) is 0 Å². The molecule has 612 valence electrons. The van der Waals surface area contributed by atoms with Gasteiger partial charge in [0.15, 0.2) is 0 Å². The van der Waals surface area contributed by atoms with E-state index in [1.807, 2.05) is 0 Å². The molecule has 0 nitrogen and oxygen atoms in total. The number of aryl methyl sites for hydroxylation is 3. The average molecular weight is 1670 g/mol. The third-order valence-corrected chi connectivity index (χ3v) is 29.4. The molecule has 0 fully saturated rings. The predicted molar refractivity (Wildman–Crippen MR) is 573 cm³/mol. The van der Waals surface area contributed by atoms with E-state index in [1.165, 1.54) is 300 Å². The Bertz CT molecular complexity index is 9490. The van der Waals surface area contributed by atoms with Crippen LogP contribution in [-0.4, -0.2) is 0 Å². The van der Waals surface area contributed by atoms with Crippen LogP contribution >= 0.6 is 0 Å². The zero-order chi connectivity index (χ0) is 87.1. The maximum atomic E-state index is 2.53. The maximum Gasteiger partial charge on any atom is -0.00139 e. The second-order valence-corrected chi connectivity index (χ2v) is 36.6. The van der Waals surface area contributed by atoms with Crippen LogP contribution in [0.3, 0.4) is 0 Å². The Balaban J connectivity index is 0.000000135. The quantitative estimate of drug-likeness (QED) is 0.126. The van der Waals surface area contributed by atoms with Crippen molar-refractivity contribution in [2.75, 3.05) is 0 Å². The molecule has 28 rings (SSSR count). The van der Waals surface area contributed by atoms with Crippen molar-refractivity contribution in [1.82, 2.24) is 0 Å². The van der Waals surface area contributed by atoms with Crippen molar-refractivity contribution in [3.05, 3.63) is 460 Å². The first-order valence-electron chi connectivity index (χ1n) is 46.5.